The number of carbonyl (C=O) groups excluding carboxylic acids is 1. The van der Waals surface area contributed by atoms with E-state index in [0.29, 0.717) is 5.92 Å². The number of fused-ring (bicyclic) bond motifs is 2. The quantitative estimate of drug-likeness (QED) is 0.862. The Hall–Kier alpha value is -1.92. The van der Waals surface area contributed by atoms with Crippen molar-refractivity contribution < 1.29 is 9.53 Å². The molecule has 1 fully saturated rings. The van der Waals surface area contributed by atoms with Gasteiger partial charge < -0.3 is 10.1 Å². The lowest BCUT2D eigenvalue weighted by molar-refractivity contribution is -0.124. The van der Waals surface area contributed by atoms with E-state index in [1.807, 2.05) is 29.9 Å². The smallest absolute Gasteiger partial charge is 0.258 e. The van der Waals surface area contributed by atoms with Gasteiger partial charge >= 0.3 is 0 Å². The Morgan fingerprint density at radius 3 is 3.07 bits per heavy atom. The van der Waals surface area contributed by atoms with Crippen molar-refractivity contribution >= 4 is 17.2 Å². The van der Waals surface area contributed by atoms with Crippen LogP contribution in [-0.4, -0.2) is 41.5 Å². The topological polar surface area (TPSA) is 54.5 Å². The lowest BCUT2D eigenvalue weighted by atomic mass is 9.87. The summed E-state index contributed by atoms with van der Waals surface area (Å²) >= 11 is 1.72. The molecule has 0 unspecified atom stereocenters. The highest BCUT2D eigenvalue weighted by Gasteiger charge is 2.30. The van der Waals surface area contributed by atoms with Gasteiger partial charge in [0.1, 0.15) is 5.75 Å². The van der Waals surface area contributed by atoms with Crippen LogP contribution in [0.3, 0.4) is 0 Å². The molecule has 2 atom stereocenters. The monoisotopic (exact) mass is 385 g/mol. The van der Waals surface area contributed by atoms with Crippen LogP contribution in [-0.2, 0) is 17.8 Å². The minimum atomic E-state index is -0.00344. The number of nitrogens with zero attached hydrogens (tertiary/aromatic N) is 2. The molecule has 1 N–H and O–H groups in total. The molecular formula is C21H27N3O2S. The lowest BCUT2D eigenvalue weighted by Crippen LogP contribution is -2.51. The van der Waals surface area contributed by atoms with E-state index >= 15 is 0 Å². The molecule has 2 aliphatic rings. The molecule has 1 aromatic heterocycles. The van der Waals surface area contributed by atoms with E-state index in [4.69, 9.17) is 4.74 Å². The van der Waals surface area contributed by atoms with E-state index in [0.717, 1.165) is 51.1 Å². The van der Waals surface area contributed by atoms with Crippen molar-refractivity contribution in [2.45, 2.75) is 44.7 Å². The first-order valence-electron chi connectivity index (χ1n) is 9.88. The van der Waals surface area contributed by atoms with Crippen LogP contribution in [0.4, 0.5) is 0 Å². The molecule has 0 radical (unpaired) electrons. The number of rotatable bonds is 2. The molecule has 1 saturated heterocycles. The molecule has 2 aromatic rings. The Labute approximate surface area is 164 Å². The summed E-state index contributed by atoms with van der Waals surface area (Å²) in [4.78, 5) is 20.5. The molecule has 2 aliphatic heterocycles. The van der Waals surface area contributed by atoms with Crippen LogP contribution in [0, 0.1) is 5.92 Å². The average molecular weight is 386 g/mol. The number of para-hydroxylation sites is 1. The van der Waals surface area contributed by atoms with Crippen molar-refractivity contribution in [1.29, 1.82) is 0 Å². The number of benzene rings is 1. The first-order chi connectivity index (χ1) is 13.3. The van der Waals surface area contributed by atoms with Gasteiger partial charge in [0.2, 0.25) is 0 Å². The number of amides is 1. The van der Waals surface area contributed by atoms with Crippen LogP contribution in [0.25, 0.3) is 0 Å². The maximum absolute atomic E-state index is 12.4. The second-order valence-corrected chi connectivity index (χ2v) is 8.54. The average Bonchev–Trinajstić information content (AvgIpc) is 3.18. The Balaban J connectivity index is 1.42. The molecule has 0 aliphatic carbocycles. The maximum Gasteiger partial charge on any atom is 0.258 e. The zero-order valence-electron chi connectivity index (χ0n) is 15.6. The van der Waals surface area contributed by atoms with Gasteiger partial charge in [0, 0.05) is 36.8 Å². The van der Waals surface area contributed by atoms with Crippen molar-refractivity contribution in [2.75, 3.05) is 19.7 Å². The molecule has 0 saturated carbocycles. The molecule has 0 spiro atoms. The third kappa shape index (κ3) is 4.87. The molecule has 5 nitrogen and oxygen atoms in total. The van der Waals surface area contributed by atoms with Crippen molar-refractivity contribution in [3.63, 3.8) is 0 Å². The Bertz CT molecular complexity index is 750. The van der Waals surface area contributed by atoms with Crippen molar-refractivity contribution in [3.8, 4) is 5.75 Å². The minimum Gasteiger partial charge on any atom is -0.483 e. The number of nitrogens with one attached hydrogen (secondary N) is 1. The fourth-order valence-corrected chi connectivity index (χ4v) is 4.88. The molecule has 27 heavy (non-hydrogen) atoms. The molecule has 1 amide bonds. The fourth-order valence-electron chi connectivity index (χ4n) is 4.24. The van der Waals surface area contributed by atoms with Crippen molar-refractivity contribution in [1.82, 2.24) is 15.2 Å². The van der Waals surface area contributed by atoms with E-state index < -0.39 is 0 Å². The van der Waals surface area contributed by atoms with Crippen molar-refractivity contribution in [2.24, 2.45) is 5.92 Å². The zero-order valence-corrected chi connectivity index (χ0v) is 16.4. The van der Waals surface area contributed by atoms with Gasteiger partial charge in [-0.2, -0.15) is 0 Å². The summed E-state index contributed by atoms with van der Waals surface area (Å²) in [7, 11) is 0. The van der Waals surface area contributed by atoms with Gasteiger partial charge in [-0.25, -0.2) is 0 Å². The SMILES string of the molecule is O=C1COc2ccccc2CCCC[C@H]2CN(Cc3cncs3)CC[C@H]2N1. The Kier molecular flexibility index (Phi) is 6.04. The summed E-state index contributed by atoms with van der Waals surface area (Å²) in [6, 6.07) is 8.35. The molecule has 4 rings (SSSR count). The van der Waals surface area contributed by atoms with Crippen LogP contribution in [0.1, 0.15) is 36.1 Å². The molecule has 1 aromatic carbocycles. The third-order valence-corrected chi connectivity index (χ3v) is 6.39. The number of aryl methyl sites for hydroxylation is 1. The Morgan fingerprint density at radius 2 is 2.19 bits per heavy atom. The van der Waals surface area contributed by atoms with Crippen LogP contribution < -0.4 is 10.1 Å². The minimum absolute atomic E-state index is 0.00344. The van der Waals surface area contributed by atoms with E-state index in [9.17, 15) is 4.79 Å². The lowest BCUT2D eigenvalue weighted by Gasteiger charge is -2.39. The standard InChI is InChI=1S/C21H27N3O2S/c25-21-14-26-20-8-4-3-6-16(20)5-1-2-7-17-12-24(10-9-19(17)23-21)13-18-11-22-15-27-18/h3-4,6,8,11,15,17,19H,1-2,5,7,9-10,12-14H2,(H,23,25)/t17-,19+/m0/s1. The van der Waals surface area contributed by atoms with Crippen LogP contribution in [0.5, 0.6) is 5.75 Å². The number of hydrogen-bond acceptors (Lipinski definition) is 5. The van der Waals surface area contributed by atoms with E-state index in [-0.39, 0.29) is 18.6 Å². The highest BCUT2D eigenvalue weighted by Crippen LogP contribution is 2.27. The summed E-state index contributed by atoms with van der Waals surface area (Å²) in [6.07, 6.45) is 7.49. The van der Waals surface area contributed by atoms with Gasteiger partial charge in [0.15, 0.2) is 6.61 Å². The predicted octanol–water partition coefficient (Wildman–Crippen LogP) is 3.26. The Morgan fingerprint density at radius 1 is 1.26 bits per heavy atom. The predicted molar refractivity (Wildman–Crippen MR) is 107 cm³/mol. The molecule has 6 heteroatoms. The second kappa shape index (κ2) is 8.85. The van der Waals surface area contributed by atoms with Crippen LogP contribution in [0.15, 0.2) is 36.0 Å². The summed E-state index contributed by atoms with van der Waals surface area (Å²) in [6.45, 7) is 3.13. The summed E-state index contributed by atoms with van der Waals surface area (Å²) in [5.74, 6) is 1.35. The van der Waals surface area contributed by atoms with Gasteiger partial charge in [-0.1, -0.05) is 24.6 Å². The molecule has 0 bridgehead atoms. The second-order valence-electron chi connectivity index (χ2n) is 7.57. The van der Waals surface area contributed by atoms with Crippen LogP contribution in [0.2, 0.25) is 0 Å². The number of aromatic nitrogens is 1. The number of ether oxygens (including phenoxy) is 1. The van der Waals surface area contributed by atoms with Gasteiger partial charge in [-0.15, -0.1) is 11.3 Å². The normalized spacial score (nSPS) is 24.5. The zero-order chi connectivity index (χ0) is 18.5. The maximum atomic E-state index is 12.4. The fraction of sp³-hybridized carbons (Fsp3) is 0.524. The highest BCUT2D eigenvalue weighted by molar-refractivity contribution is 7.09. The highest BCUT2D eigenvalue weighted by atomic mass is 32.1. The summed E-state index contributed by atoms with van der Waals surface area (Å²) in [5, 5.41) is 3.25. The number of piperidine rings is 1. The van der Waals surface area contributed by atoms with E-state index in [2.05, 4.69) is 21.3 Å². The van der Waals surface area contributed by atoms with Gasteiger partial charge in [0.25, 0.3) is 5.91 Å². The van der Waals surface area contributed by atoms with Gasteiger partial charge in [0.05, 0.1) is 5.51 Å². The molecule has 144 valence electrons. The van der Waals surface area contributed by atoms with Crippen molar-refractivity contribution in [3.05, 3.63) is 46.4 Å². The van der Waals surface area contributed by atoms with E-state index in [1.54, 1.807) is 11.3 Å². The number of hydrogen-bond donors (Lipinski definition) is 1. The van der Waals surface area contributed by atoms with E-state index in [1.165, 1.54) is 16.9 Å². The van der Waals surface area contributed by atoms with Gasteiger partial charge in [-0.3, -0.25) is 14.7 Å². The third-order valence-electron chi connectivity index (χ3n) is 5.63. The first-order valence-corrected chi connectivity index (χ1v) is 10.8. The number of thiazole rings is 1. The first kappa shape index (κ1) is 18.4. The number of likely N-dealkylation sites (tertiary alicyclic amines) is 1. The summed E-state index contributed by atoms with van der Waals surface area (Å²) in [5.41, 5.74) is 3.11. The largest absolute Gasteiger partial charge is 0.483 e. The molecule has 3 heterocycles. The number of carbonyl (C=O) groups is 1. The summed E-state index contributed by atoms with van der Waals surface area (Å²) < 4.78 is 5.82. The molecular weight excluding hydrogens is 358 g/mol. The van der Waals surface area contributed by atoms with Gasteiger partial charge in [-0.05, 0) is 43.2 Å². The van der Waals surface area contributed by atoms with Crippen LogP contribution >= 0.6 is 11.3 Å².